The van der Waals surface area contributed by atoms with Crippen LogP contribution in [0, 0.1) is 13.8 Å². The molecule has 0 saturated heterocycles. The Kier molecular flexibility index (Phi) is 3.01. The molecule has 0 unspecified atom stereocenters. The van der Waals surface area contributed by atoms with Gasteiger partial charge in [0.25, 0.3) is 0 Å². The summed E-state index contributed by atoms with van der Waals surface area (Å²) in [6, 6.07) is 6.24. The van der Waals surface area contributed by atoms with Gasteiger partial charge in [0.2, 0.25) is 5.91 Å². The van der Waals surface area contributed by atoms with Crippen molar-refractivity contribution in [3.05, 3.63) is 58.8 Å². The third kappa shape index (κ3) is 1.98. The van der Waals surface area contributed by atoms with Crippen LogP contribution in [-0.4, -0.2) is 20.0 Å². The van der Waals surface area contributed by atoms with Gasteiger partial charge in [-0.1, -0.05) is 18.2 Å². The smallest absolute Gasteiger partial charge is 0.235 e. The van der Waals surface area contributed by atoms with Crippen molar-refractivity contribution >= 4 is 22.9 Å². The number of imidazole rings is 1. The van der Waals surface area contributed by atoms with E-state index in [2.05, 4.69) is 28.6 Å². The summed E-state index contributed by atoms with van der Waals surface area (Å²) < 4.78 is 3.94. The lowest BCUT2D eigenvalue weighted by Crippen LogP contribution is -2.13. The van der Waals surface area contributed by atoms with E-state index in [9.17, 15) is 4.79 Å². The van der Waals surface area contributed by atoms with Crippen LogP contribution in [0.4, 0.5) is 0 Å². The molecule has 4 rings (SSSR count). The normalized spacial score (nSPS) is 13.8. The molecule has 0 amide bonds. The summed E-state index contributed by atoms with van der Waals surface area (Å²) in [6.07, 6.45) is 7.17. The van der Waals surface area contributed by atoms with Gasteiger partial charge in [0.05, 0.1) is 23.2 Å². The lowest BCUT2D eigenvalue weighted by atomic mass is 10.0. The molecule has 0 saturated carbocycles. The number of hydrogen-bond acceptors (Lipinski definition) is 2. The summed E-state index contributed by atoms with van der Waals surface area (Å²) in [5.41, 5.74) is 6.73. The molecule has 23 heavy (non-hydrogen) atoms. The van der Waals surface area contributed by atoms with Crippen molar-refractivity contribution in [3.8, 4) is 0 Å². The van der Waals surface area contributed by atoms with Crippen LogP contribution in [0.1, 0.15) is 39.4 Å². The highest BCUT2D eigenvalue weighted by Gasteiger charge is 2.21. The highest BCUT2D eigenvalue weighted by atomic mass is 16.2. The summed E-state index contributed by atoms with van der Waals surface area (Å²) in [4.78, 5) is 16.7. The van der Waals surface area contributed by atoms with Crippen LogP contribution in [0.25, 0.3) is 17.0 Å². The van der Waals surface area contributed by atoms with Crippen LogP contribution in [0.15, 0.2) is 30.6 Å². The zero-order chi connectivity index (χ0) is 16.1. The van der Waals surface area contributed by atoms with Gasteiger partial charge in [0.15, 0.2) is 0 Å². The van der Waals surface area contributed by atoms with E-state index in [4.69, 9.17) is 0 Å². The Morgan fingerprint density at radius 2 is 2.09 bits per heavy atom. The summed E-state index contributed by atoms with van der Waals surface area (Å²) in [6.45, 7) is 4.15. The third-order valence-corrected chi connectivity index (χ3v) is 4.81. The lowest BCUT2D eigenvalue weighted by Gasteiger charge is -2.10. The Hall–Kier alpha value is -2.62. The maximum Gasteiger partial charge on any atom is 0.235 e. The van der Waals surface area contributed by atoms with Gasteiger partial charge in [0.1, 0.15) is 0 Å². The first kappa shape index (κ1) is 14.0. The van der Waals surface area contributed by atoms with Crippen molar-refractivity contribution in [1.82, 2.24) is 14.1 Å². The molecule has 1 aliphatic rings. The Labute approximate surface area is 135 Å². The number of nitrogens with zero attached hydrogens (tertiary/aromatic N) is 3. The molecule has 0 aliphatic carbocycles. The van der Waals surface area contributed by atoms with Crippen LogP contribution in [0.5, 0.6) is 0 Å². The molecule has 2 aromatic heterocycles. The monoisotopic (exact) mass is 305 g/mol. The number of carbonyl (C=O) groups excluding carboxylic acids is 1. The topological polar surface area (TPSA) is 39.8 Å². The van der Waals surface area contributed by atoms with Gasteiger partial charge in [-0.15, -0.1) is 0 Å². The molecule has 116 valence electrons. The average molecular weight is 305 g/mol. The molecule has 0 bridgehead atoms. The van der Waals surface area contributed by atoms with Crippen molar-refractivity contribution in [2.75, 3.05) is 0 Å². The number of fused-ring (bicyclic) bond motifs is 3. The van der Waals surface area contributed by atoms with Gasteiger partial charge >= 0.3 is 0 Å². The second kappa shape index (κ2) is 4.95. The summed E-state index contributed by atoms with van der Waals surface area (Å²) in [5, 5.41) is 1.20. The van der Waals surface area contributed by atoms with Crippen molar-refractivity contribution in [2.45, 2.75) is 26.7 Å². The highest BCUT2D eigenvalue weighted by Crippen LogP contribution is 2.32. The van der Waals surface area contributed by atoms with E-state index < -0.39 is 0 Å². The number of benzene rings is 1. The second-order valence-corrected chi connectivity index (χ2v) is 6.22. The first-order valence-corrected chi connectivity index (χ1v) is 7.87. The quantitative estimate of drug-likeness (QED) is 0.725. The fourth-order valence-electron chi connectivity index (χ4n) is 3.62. The molecule has 0 fully saturated rings. The minimum Gasteiger partial charge on any atom is -0.337 e. The number of aromatic nitrogens is 3. The molecular formula is C19H19N3O. The average Bonchev–Trinajstić information content (AvgIpc) is 3.01. The lowest BCUT2D eigenvalue weighted by molar-refractivity contribution is 0.0919. The first-order chi connectivity index (χ1) is 11.1. The van der Waals surface area contributed by atoms with E-state index in [0.717, 1.165) is 23.3 Å². The maximum atomic E-state index is 12.3. The first-order valence-electron chi connectivity index (χ1n) is 7.87. The van der Waals surface area contributed by atoms with Crippen LogP contribution in [-0.2, 0) is 13.5 Å². The van der Waals surface area contributed by atoms with Gasteiger partial charge in [-0.2, -0.15) is 0 Å². The van der Waals surface area contributed by atoms with Crippen molar-refractivity contribution in [2.24, 2.45) is 7.05 Å². The molecular weight excluding hydrogens is 286 g/mol. The largest absolute Gasteiger partial charge is 0.337 e. The number of rotatable bonds is 2. The minimum absolute atomic E-state index is 0.148. The van der Waals surface area contributed by atoms with E-state index in [0.29, 0.717) is 6.42 Å². The van der Waals surface area contributed by atoms with Gasteiger partial charge in [-0.05, 0) is 37.1 Å². The van der Waals surface area contributed by atoms with Crippen molar-refractivity contribution in [1.29, 1.82) is 0 Å². The van der Waals surface area contributed by atoms with Crippen LogP contribution in [0.3, 0.4) is 0 Å². The second-order valence-electron chi connectivity index (χ2n) is 6.22. The third-order valence-electron chi connectivity index (χ3n) is 4.81. The standard InChI is InChI=1S/C19H19N3O/c1-12-15-7-5-9-18(23)22(15)16-8-4-6-14(19(12)16)10-17-13(2)20-11-21(17)3/h4-8,11H,9-10H2,1-3H3. The molecule has 1 aliphatic heterocycles. The van der Waals surface area contributed by atoms with E-state index in [1.54, 1.807) is 0 Å². The molecule has 0 spiro atoms. The van der Waals surface area contributed by atoms with Gasteiger partial charge < -0.3 is 4.57 Å². The Morgan fingerprint density at radius 3 is 2.83 bits per heavy atom. The zero-order valence-electron chi connectivity index (χ0n) is 13.6. The predicted octanol–water partition coefficient (Wildman–Crippen LogP) is 3.64. The number of aryl methyl sites for hydroxylation is 3. The molecule has 3 aromatic rings. The molecule has 3 heterocycles. The molecule has 4 nitrogen and oxygen atoms in total. The van der Waals surface area contributed by atoms with Crippen molar-refractivity contribution < 1.29 is 4.79 Å². The van der Waals surface area contributed by atoms with Gasteiger partial charge in [-0.3, -0.25) is 9.36 Å². The summed E-state index contributed by atoms with van der Waals surface area (Å²) in [7, 11) is 2.03. The maximum absolute atomic E-state index is 12.3. The van der Waals surface area contributed by atoms with Crippen molar-refractivity contribution in [3.63, 3.8) is 0 Å². The van der Waals surface area contributed by atoms with E-state index >= 15 is 0 Å². The fraction of sp³-hybridized carbons (Fsp3) is 0.263. The molecule has 0 radical (unpaired) electrons. The highest BCUT2D eigenvalue weighted by molar-refractivity contribution is 6.01. The molecule has 4 heteroatoms. The summed E-state index contributed by atoms with van der Waals surface area (Å²) in [5.74, 6) is 0.148. The van der Waals surface area contributed by atoms with Gasteiger partial charge in [0, 0.05) is 31.0 Å². The fourth-order valence-corrected chi connectivity index (χ4v) is 3.62. The van der Waals surface area contributed by atoms with Crippen LogP contribution in [0.2, 0.25) is 0 Å². The van der Waals surface area contributed by atoms with E-state index in [1.807, 2.05) is 43.1 Å². The van der Waals surface area contributed by atoms with Gasteiger partial charge in [-0.25, -0.2) is 4.98 Å². The molecule has 1 aromatic carbocycles. The number of allylic oxidation sites excluding steroid dienone is 1. The van der Waals surface area contributed by atoms with E-state index in [-0.39, 0.29) is 5.91 Å². The molecule has 0 N–H and O–H groups in total. The van der Waals surface area contributed by atoms with Crippen LogP contribution >= 0.6 is 0 Å². The minimum atomic E-state index is 0.148. The Balaban J connectivity index is 1.96. The Morgan fingerprint density at radius 1 is 1.26 bits per heavy atom. The number of hydrogen-bond donors (Lipinski definition) is 0. The van der Waals surface area contributed by atoms with E-state index in [1.165, 1.54) is 22.2 Å². The number of carbonyl (C=O) groups is 1. The Bertz CT molecular complexity index is 953. The SMILES string of the molecule is Cc1ncn(C)c1Cc1cccc2c1c(C)c1n2C(=O)CC=C1. The molecule has 0 atom stereocenters. The van der Waals surface area contributed by atoms with Crippen LogP contribution < -0.4 is 0 Å². The zero-order valence-corrected chi connectivity index (χ0v) is 13.6. The predicted molar refractivity (Wildman–Crippen MR) is 91.7 cm³/mol. The summed E-state index contributed by atoms with van der Waals surface area (Å²) >= 11 is 0.